The maximum absolute atomic E-state index is 6.36. The van der Waals surface area contributed by atoms with Crippen LogP contribution in [0.25, 0.3) is 49.7 Å². The maximum Gasteiger partial charge on any atom is 0.0585 e. The Bertz CT molecular complexity index is 1700. The molecule has 2 heterocycles. The van der Waals surface area contributed by atoms with Crippen LogP contribution in [0.4, 0.5) is 0 Å². The minimum Gasteiger partial charge on any atom is -0.354 e. The number of rotatable bonds is 1. The molecule has 0 amide bonds. The van der Waals surface area contributed by atoms with Gasteiger partial charge in [0.05, 0.1) is 16.7 Å². The molecule has 0 saturated heterocycles. The zero-order valence-electron chi connectivity index (χ0n) is 17.9. The first kappa shape index (κ1) is 18.1. The Hall–Kier alpha value is -3.49. The Kier molecular flexibility index (Phi) is 3.43. The summed E-state index contributed by atoms with van der Waals surface area (Å²) in [7, 11) is 0. The van der Waals surface area contributed by atoms with Crippen molar-refractivity contribution in [2.75, 3.05) is 0 Å². The second kappa shape index (κ2) is 6.05. The van der Waals surface area contributed by atoms with Crippen LogP contribution in [0.15, 0.2) is 84.9 Å². The largest absolute Gasteiger partial charge is 0.354 e. The van der Waals surface area contributed by atoms with Gasteiger partial charge in [0.25, 0.3) is 0 Å². The molecule has 1 aliphatic carbocycles. The van der Waals surface area contributed by atoms with Gasteiger partial charge in [-0.1, -0.05) is 74.0 Å². The molecule has 0 aliphatic heterocycles. The second-order valence-electron chi connectivity index (χ2n) is 9.26. The molecule has 1 aliphatic rings. The van der Waals surface area contributed by atoms with E-state index in [4.69, 9.17) is 11.6 Å². The van der Waals surface area contributed by atoms with Crippen molar-refractivity contribution in [2.45, 2.75) is 19.3 Å². The highest BCUT2D eigenvalue weighted by molar-refractivity contribution is 6.32. The van der Waals surface area contributed by atoms with Crippen LogP contribution in [-0.2, 0) is 5.41 Å². The van der Waals surface area contributed by atoms with Crippen molar-refractivity contribution >= 4 is 44.3 Å². The summed E-state index contributed by atoms with van der Waals surface area (Å²) in [5.41, 5.74) is 10.0. The number of fused-ring (bicyclic) bond motifs is 9. The first-order chi connectivity index (χ1) is 15.6. The van der Waals surface area contributed by atoms with E-state index < -0.39 is 0 Å². The maximum atomic E-state index is 6.36. The lowest BCUT2D eigenvalue weighted by atomic mass is 9.81. The third kappa shape index (κ3) is 2.15. The molecule has 2 nitrogen and oxygen atoms in total. The summed E-state index contributed by atoms with van der Waals surface area (Å²) >= 11 is 6.36. The predicted molar refractivity (Wildman–Crippen MR) is 135 cm³/mol. The fourth-order valence-corrected chi connectivity index (χ4v) is 5.97. The summed E-state index contributed by atoms with van der Waals surface area (Å²) in [5, 5.41) is 4.45. The summed E-state index contributed by atoms with van der Waals surface area (Å²) in [4.78, 5) is 3.74. The third-order valence-corrected chi connectivity index (χ3v) is 7.40. The van der Waals surface area contributed by atoms with E-state index in [-0.39, 0.29) is 5.41 Å². The zero-order valence-corrected chi connectivity index (χ0v) is 18.7. The van der Waals surface area contributed by atoms with Crippen molar-refractivity contribution in [1.82, 2.24) is 9.55 Å². The van der Waals surface area contributed by atoms with Crippen molar-refractivity contribution in [3.05, 3.63) is 101 Å². The molecule has 1 N–H and O–H groups in total. The Morgan fingerprint density at radius 2 is 1.59 bits per heavy atom. The van der Waals surface area contributed by atoms with Crippen LogP contribution in [0.3, 0.4) is 0 Å². The molecule has 6 aromatic rings. The summed E-state index contributed by atoms with van der Waals surface area (Å²) in [5.74, 6) is 0. The van der Waals surface area contributed by atoms with Gasteiger partial charge in [-0.2, -0.15) is 0 Å². The highest BCUT2D eigenvalue weighted by atomic mass is 35.5. The number of hydrogen-bond acceptors (Lipinski definition) is 0. The lowest BCUT2D eigenvalue weighted by molar-refractivity contribution is 0.666. The van der Waals surface area contributed by atoms with Gasteiger partial charge in [-0.25, -0.2) is 0 Å². The Labute approximate surface area is 191 Å². The monoisotopic (exact) mass is 432 g/mol. The van der Waals surface area contributed by atoms with Crippen molar-refractivity contribution in [3.8, 4) is 16.9 Å². The number of hydrogen-bond donors (Lipinski definition) is 1. The summed E-state index contributed by atoms with van der Waals surface area (Å²) in [6.45, 7) is 4.70. The SMILES string of the molecule is CC1(C)c2ccccc2-c2c1c1c3[nH]c4ccc(Cl)cc4c3ccc1n2-c1ccccc1. The van der Waals surface area contributed by atoms with Gasteiger partial charge in [-0.3, -0.25) is 0 Å². The summed E-state index contributed by atoms with van der Waals surface area (Å²) in [6.07, 6.45) is 0. The number of para-hydroxylation sites is 1. The van der Waals surface area contributed by atoms with Crippen molar-refractivity contribution in [3.63, 3.8) is 0 Å². The molecule has 3 heteroatoms. The highest BCUT2D eigenvalue weighted by Crippen LogP contribution is 2.55. The highest BCUT2D eigenvalue weighted by Gasteiger charge is 2.41. The Morgan fingerprint density at radius 3 is 2.44 bits per heavy atom. The molecule has 0 atom stereocenters. The smallest absolute Gasteiger partial charge is 0.0585 e. The van der Waals surface area contributed by atoms with E-state index >= 15 is 0 Å². The lowest BCUT2D eigenvalue weighted by Gasteiger charge is -2.21. The van der Waals surface area contributed by atoms with Gasteiger partial charge >= 0.3 is 0 Å². The van der Waals surface area contributed by atoms with Crippen LogP contribution < -0.4 is 0 Å². The summed E-state index contributed by atoms with van der Waals surface area (Å²) < 4.78 is 2.44. The average Bonchev–Trinajstić information content (AvgIpc) is 3.42. The fraction of sp³-hybridized carbons (Fsp3) is 0.103. The zero-order chi connectivity index (χ0) is 21.6. The van der Waals surface area contributed by atoms with E-state index in [9.17, 15) is 0 Å². The quantitative estimate of drug-likeness (QED) is 0.270. The Balaban J connectivity index is 1.74. The first-order valence-electron chi connectivity index (χ1n) is 11.0. The molecule has 0 radical (unpaired) electrons. The molecular weight excluding hydrogens is 412 g/mol. The molecule has 32 heavy (non-hydrogen) atoms. The molecule has 7 rings (SSSR count). The van der Waals surface area contributed by atoms with E-state index in [0.717, 1.165) is 10.5 Å². The van der Waals surface area contributed by atoms with Gasteiger partial charge in [-0.05, 0) is 47.5 Å². The van der Waals surface area contributed by atoms with Gasteiger partial charge in [0, 0.05) is 43.4 Å². The fourth-order valence-electron chi connectivity index (χ4n) is 5.80. The molecule has 2 aromatic heterocycles. The normalized spacial score (nSPS) is 14.3. The molecule has 0 saturated carbocycles. The van der Waals surface area contributed by atoms with E-state index in [1.54, 1.807) is 0 Å². The second-order valence-corrected chi connectivity index (χ2v) is 9.70. The van der Waals surface area contributed by atoms with Crippen molar-refractivity contribution in [2.24, 2.45) is 0 Å². The van der Waals surface area contributed by atoms with Crippen molar-refractivity contribution < 1.29 is 0 Å². The van der Waals surface area contributed by atoms with Crippen LogP contribution in [0.5, 0.6) is 0 Å². The van der Waals surface area contributed by atoms with Gasteiger partial charge in [-0.15, -0.1) is 0 Å². The molecule has 0 spiro atoms. The van der Waals surface area contributed by atoms with Gasteiger partial charge in [0.1, 0.15) is 0 Å². The van der Waals surface area contributed by atoms with Crippen molar-refractivity contribution in [1.29, 1.82) is 0 Å². The number of halogens is 1. The van der Waals surface area contributed by atoms with Gasteiger partial charge in [0.2, 0.25) is 0 Å². The number of H-pyrrole nitrogens is 1. The number of benzene rings is 4. The summed E-state index contributed by atoms with van der Waals surface area (Å²) in [6, 6.07) is 30.2. The molecule has 0 fully saturated rings. The number of nitrogens with one attached hydrogen (secondary N) is 1. The van der Waals surface area contributed by atoms with Crippen LogP contribution >= 0.6 is 11.6 Å². The molecule has 0 bridgehead atoms. The standard InChI is InChI=1S/C29H21ClN2/c1-29(2)22-11-7-6-10-20(22)28-26(29)25-24(32(28)18-8-4-3-5-9-18)15-13-19-21-16-17(30)12-14-23(21)31-27(19)25/h3-16,31H,1-2H3. The number of aromatic amines is 1. The van der Waals surface area contributed by atoms with Crippen LogP contribution in [0.2, 0.25) is 5.02 Å². The number of nitrogens with zero attached hydrogens (tertiary/aromatic N) is 1. The molecule has 4 aromatic carbocycles. The number of aromatic nitrogens is 2. The molecule has 0 unspecified atom stereocenters. The average molecular weight is 433 g/mol. The first-order valence-corrected chi connectivity index (χ1v) is 11.4. The lowest BCUT2D eigenvalue weighted by Crippen LogP contribution is -2.14. The van der Waals surface area contributed by atoms with E-state index in [0.29, 0.717) is 0 Å². The van der Waals surface area contributed by atoms with Crippen LogP contribution in [0, 0.1) is 0 Å². The minimum atomic E-state index is -0.104. The van der Waals surface area contributed by atoms with E-state index in [1.165, 1.54) is 55.3 Å². The van der Waals surface area contributed by atoms with E-state index in [2.05, 4.69) is 102 Å². The topological polar surface area (TPSA) is 20.7 Å². The van der Waals surface area contributed by atoms with Gasteiger partial charge < -0.3 is 9.55 Å². The van der Waals surface area contributed by atoms with Gasteiger partial charge in [0.15, 0.2) is 0 Å². The predicted octanol–water partition coefficient (Wildman–Crippen LogP) is 8.22. The Morgan fingerprint density at radius 1 is 0.812 bits per heavy atom. The van der Waals surface area contributed by atoms with Crippen LogP contribution in [0.1, 0.15) is 25.0 Å². The van der Waals surface area contributed by atoms with E-state index in [1.807, 2.05) is 6.07 Å². The van der Waals surface area contributed by atoms with Crippen LogP contribution in [-0.4, -0.2) is 9.55 Å². The third-order valence-electron chi connectivity index (χ3n) is 7.16. The molecule has 154 valence electrons. The molecular formula is C29H21ClN2. The minimum absolute atomic E-state index is 0.104.